The lowest BCUT2D eigenvalue weighted by Crippen LogP contribution is -2.41. The standard InChI is InChI=1S/C11H19BO4/c1-10(2)11(3,4)16-12(15-10)8-6-5-7-9(13)14/h6,8H,5,7H2,1-4H3,(H,13,14)/b8-6+. The summed E-state index contributed by atoms with van der Waals surface area (Å²) < 4.78 is 11.4. The number of carbonyl (C=O) groups is 1. The number of aliphatic carboxylic acids is 1. The minimum atomic E-state index is -0.793. The van der Waals surface area contributed by atoms with Crippen molar-refractivity contribution in [2.24, 2.45) is 0 Å². The molecule has 0 aromatic carbocycles. The molecule has 4 nitrogen and oxygen atoms in total. The van der Waals surface area contributed by atoms with E-state index in [0.717, 1.165) is 0 Å². The fourth-order valence-electron chi connectivity index (χ4n) is 1.38. The molecule has 1 fully saturated rings. The first kappa shape index (κ1) is 13.3. The van der Waals surface area contributed by atoms with E-state index in [0.29, 0.717) is 6.42 Å². The fourth-order valence-corrected chi connectivity index (χ4v) is 1.38. The van der Waals surface area contributed by atoms with Crippen LogP contribution in [0, 0.1) is 0 Å². The van der Waals surface area contributed by atoms with Gasteiger partial charge in [-0.2, -0.15) is 0 Å². The summed E-state index contributed by atoms with van der Waals surface area (Å²) in [6.45, 7) is 7.94. The number of hydrogen-bond acceptors (Lipinski definition) is 3. The number of hydrogen-bond donors (Lipinski definition) is 1. The zero-order chi connectivity index (χ0) is 12.4. The first-order chi connectivity index (χ1) is 7.24. The van der Waals surface area contributed by atoms with Gasteiger partial charge in [0, 0.05) is 6.42 Å². The van der Waals surface area contributed by atoms with E-state index in [9.17, 15) is 4.79 Å². The quantitative estimate of drug-likeness (QED) is 0.745. The van der Waals surface area contributed by atoms with Crippen molar-refractivity contribution in [3.63, 3.8) is 0 Å². The van der Waals surface area contributed by atoms with Crippen LogP contribution >= 0.6 is 0 Å². The topological polar surface area (TPSA) is 55.8 Å². The van der Waals surface area contributed by atoms with Crippen molar-refractivity contribution in [3.8, 4) is 0 Å². The van der Waals surface area contributed by atoms with Crippen LogP contribution in [0.1, 0.15) is 40.5 Å². The molecule has 0 aliphatic carbocycles. The molecule has 1 aliphatic heterocycles. The van der Waals surface area contributed by atoms with Crippen molar-refractivity contribution in [2.45, 2.75) is 51.7 Å². The third-order valence-electron chi connectivity index (χ3n) is 3.09. The molecule has 0 spiro atoms. The molecular formula is C11H19BO4. The normalized spacial score (nSPS) is 22.9. The summed E-state index contributed by atoms with van der Waals surface area (Å²) in [4.78, 5) is 10.3. The monoisotopic (exact) mass is 226 g/mol. The molecule has 1 saturated heterocycles. The van der Waals surface area contributed by atoms with E-state index in [-0.39, 0.29) is 24.7 Å². The third kappa shape index (κ3) is 3.09. The van der Waals surface area contributed by atoms with Crippen LogP contribution in [-0.2, 0) is 14.1 Å². The van der Waals surface area contributed by atoms with Gasteiger partial charge in [-0.05, 0) is 34.1 Å². The SMILES string of the molecule is CC1(C)OB(/C=C/CCC(=O)O)OC1(C)C. The molecule has 0 atom stereocenters. The minimum absolute atomic E-state index is 0.135. The number of rotatable bonds is 4. The van der Waals surface area contributed by atoms with Gasteiger partial charge >= 0.3 is 13.1 Å². The lowest BCUT2D eigenvalue weighted by molar-refractivity contribution is -0.136. The predicted octanol–water partition coefficient (Wildman–Crippen LogP) is 2.04. The van der Waals surface area contributed by atoms with Crippen molar-refractivity contribution < 1.29 is 19.2 Å². The Labute approximate surface area is 96.8 Å². The summed E-state index contributed by atoms with van der Waals surface area (Å²) in [6.07, 6.45) is 2.42. The van der Waals surface area contributed by atoms with Crippen LogP contribution in [0.25, 0.3) is 0 Å². The van der Waals surface area contributed by atoms with Crippen molar-refractivity contribution in [2.75, 3.05) is 0 Å². The summed E-state index contributed by atoms with van der Waals surface area (Å²) >= 11 is 0. The molecule has 0 bridgehead atoms. The minimum Gasteiger partial charge on any atom is -0.481 e. The van der Waals surface area contributed by atoms with Crippen LogP contribution in [0.5, 0.6) is 0 Å². The van der Waals surface area contributed by atoms with E-state index < -0.39 is 5.97 Å². The Hall–Kier alpha value is -0.805. The fraction of sp³-hybridized carbons (Fsp3) is 0.727. The Bertz CT molecular complexity index is 280. The van der Waals surface area contributed by atoms with Crippen LogP contribution in [0.15, 0.2) is 12.1 Å². The number of allylic oxidation sites excluding steroid dienone is 1. The predicted molar refractivity (Wildman–Crippen MR) is 62.1 cm³/mol. The van der Waals surface area contributed by atoms with Gasteiger partial charge in [-0.1, -0.05) is 12.1 Å². The van der Waals surface area contributed by atoms with E-state index in [1.807, 2.05) is 27.7 Å². The summed E-state index contributed by atoms with van der Waals surface area (Å²) in [7, 11) is -0.376. The van der Waals surface area contributed by atoms with Gasteiger partial charge in [0.15, 0.2) is 0 Å². The van der Waals surface area contributed by atoms with Gasteiger partial charge in [-0.25, -0.2) is 0 Å². The Kier molecular flexibility index (Phi) is 3.81. The van der Waals surface area contributed by atoms with E-state index >= 15 is 0 Å². The lowest BCUT2D eigenvalue weighted by atomic mass is 9.89. The largest absolute Gasteiger partial charge is 0.486 e. The molecule has 5 heteroatoms. The summed E-state index contributed by atoms with van der Waals surface area (Å²) in [5.74, 6) is 0.984. The van der Waals surface area contributed by atoms with Gasteiger partial charge in [-0.3, -0.25) is 4.79 Å². The summed E-state index contributed by atoms with van der Waals surface area (Å²) in [5.41, 5.74) is -0.677. The Morgan fingerprint density at radius 1 is 1.25 bits per heavy atom. The average molecular weight is 226 g/mol. The molecule has 0 saturated carbocycles. The van der Waals surface area contributed by atoms with Gasteiger partial charge in [-0.15, -0.1) is 0 Å². The average Bonchev–Trinajstić information content (AvgIpc) is 2.29. The molecule has 1 rings (SSSR count). The second-order valence-corrected chi connectivity index (χ2v) is 4.99. The van der Waals surface area contributed by atoms with Crippen molar-refractivity contribution >= 4 is 13.1 Å². The molecule has 0 amide bonds. The Morgan fingerprint density at radius 3 is 2.19 bits per heavy atom. The maximum Gasteiger partial charge on any atom is 0.486 e. The van der Waals surface area contributed by atoms with Crippen LogP contribution in [0.2, 0.25) is 0 Å². The molecule has 0 unspecified atom stereocenters. The van der Waals surface area contributed by atoms with E-state index in [2.05, 4.69) is 0 Å². The van der Waals surface area contributed by atoms with E-state index in [1.165, 1.54) is 0 Å². The molecule has 0 aromatic heterocycles. The lowest BCUT2D eigenvalue weighted by Gasteiger charge is -2.32. The smallest absolute Gasteiger partial charge is 0.481 e. The number of carboxylic acids is 1. The van der Waals surface area contributed by atoms with Crippen molar-refractivity contribution in [1.29, 1.82) is 0 Å². The Morgan fingerprint density at radius 2 is 1.75 bits per heavy atom. The zero-order valence-electron chi connectivity index (χ0n) is 10.3. The summed E-state index contributed by atoms with van der Waals surface area (Å²) in [5, 5.41) is 8.48. The first-order valence-electron chi connectivity index (χ1n) is 5.49. The molecule has 1 N–H and O–H groups in total. The molecular weight excluding hydrogens is 207 g/mol. The maximum absolute atomic E-state index is 10.3. The Balaban J connectivity index is 2.45. The molecule has 1 aliphatic rings. The highest BCUT2D eigenvalue weighted by Crippen LogP contribution is 2.36. The van der Waals surface area contributed by atoms with Gasteiger partial charge in [0.1, 0.15) is 0 Å². The zero-order valence-corrected chi connectivity index (χ0v) is 10.3. The molecule has 16 heavy (non-hydrogen) atoms. The highest BCUT2D eigenvalue weighted by atomic mass is 16.7. The summed E-state index contributed by atoms with van der Waals surface area (Å²) in [6, 6.07) is 0. The van der Waals surface area contributed by atoms with Gasteiger partial charge in [0.05, 0.1) is 11.2 Å². The van der Waals surface area contributed by atoms with Gasteiger partial charge in [0.25, 0.3) is 0 Å². The highest BCUT2D eigenvalue weighted by Gasteiger charge is 2.49. The second kappa shape index (κ2) is 4.59. The van der Waals surface area contributed by atoms with Crippen LogP contribution in [0.3, 0.4) is 0 Å². The first-order valence-corrected chi connectivity index (χ1v) is 5.49. The van der Waals surface area contributed by atoms with Crippen LogP contribution < -0.4 is 0 Å². The second-order valence-electron chi connectivity index (χ2n) is 4.99. The maximum atomic E-state index is 10.3. The van der Waals surface area contributed by atoms with E-state index in [4.69, 9.17) is 14.4 Å². The number of carboxylic acid groups (broad SMARTS) is 1. The van der Waals surface area contributed by atoms with Crippen LogP contribution in [0.4, 0.5) is 0 Å². The van der Waals surface area contributed by atoms with Gasteiger partial charge in [0.2, 0.25) is 0 Å². The highest BCUT2D eigenvalue weighted by molar-refractivity contribution is 6.51. The molecule has 1 heterocycles. The molecule has 90 valence electrons. The third-order valence-corrected chi connectivity index (χ3v) is 3.09. The molecule has 0 radical (unpaired) electrons. The van der Waals surface area contributed by atoms with Crippen LogP contribution in [-0.4, -0.2) is 29.4 Å². The van der Waals surface area contributed by atoms with Gasteiger partial charge < -0.3 is 14.4 Å². The van der Waals surface area contributed by atoms with E-state index in [1.54, 1.807) is 12.1 Å². The molecule has 0 aromatic rings. The van der Waals surface area contributed by atoms with Crippen molar-refractivity contribution in [3.05, 3.63) is 12.1 Å². The van der Waals surface area contributed by atoms with Crippen molar-refractivity contribution in [1.82, 2.24) is 0 Å².